The zero-order valence-electron chi connectivity index (χ0n) is 5.74. The number of aromatic nitrogens is 2. The van der Waals surface area contributed by atoms with Crippen molar-refractivity contribution in [1.29, 1.82) is 0 Å². The lowest BCUT2D eigenvalue weighted by molar-refractivity contribution is 0.0921. The first-order chi connectivity index (χ1) is 4.74. The Balaban J connectivity index is 2.88. The first-order valence-corrected chi connectivity index (χ1v) is 3.80. The third kappa shape index (κ3) is 1.47. The lowest BCUT2D eigenvalue weighted by Gasteiger charge is -1.88. The molecule has 0 N–H and O–H groups in total. The van der Waals surface area contributed by atoms with Crippen LogP contribution in [0.4, 0.5) is 0 Å². The number of hydrogen-bond donors (Lipinski definition) is 0. The van der Waals surface area contributed by atoms with Crippen molar-refractivity contribution in [2.45, 2.75) is 12.2 Å². The molecule has 0 aliphatic carbocycles. The van der Waals surface area contributed by atoms with Crippen LogP contribution in [0.5, 0.6) is 0 Å². The van der Waals surface area contributed by atoms with Crippen LogP contribution in [0.25, 0.3) is 0 Å². The molecule has 0 spiro atoms. The summed E-state index contributed by atoms with van der Waals surface area (Å²) in [5.41, 5.74) is 1.06. The summed E-state index contributed by atoms with van der Waals surface area (Å²) in [5.74, 6) is -0.0512. The van der Waals surface area contributed by atoms with E-state index in [-0.39, 0.29) is 5.91 Å². The molecule has 2 radical (unpaired) electrons. The maximum atomic E-state index is 10.7. The average Bonchev–Trinajstić information content (AvgIpc) is 2.34. The molecule has 0 bridgehead atoms. The van der Waals surface area contributed by atoms with Gasteiger partial charge in [0.05, 0.1) is 6.20 Å². The van der Waals surface area contributed by atoms with Crippen LogP contribution in [0.3, 0.4) is 0 Å². The number of carbonyl (C=O) groups is 1. The Kier molecular flexibility index (Phi) is 2.26. The van der Waals surface area contributed by atoms with Crippen molar-refractivity contribution in [1.82, 2.24) is 9.78 Å². The predicted molar refractivity (Wildman–Crippen MR) is 38.0 cm³/mol. The van der Waals surface area contributed by atoms with Gasteiger partial charge in [-0.1, -0.05) is 5.28 Å². The van der Waals surface area contributed by atoms with Crippen LogP contribution in [0.2, 0.25) is 0 Å². The average molecular weight is 150 g/mol. The molecule has 10 heavy (non-hydrogen) atoms. The highest BCUT2D eigenvalue weighted by molar-refractivity contribution is 6.08. The molecule has 0 amide bonds. The Morgan fingerprint density at radius 3 is 2.90 bits per heavy atom. The third-order valence-corrected chi connectivity index (χ3v) is 1.67. The molecule has 1 heterocycles. The fraction of sp³-hybridized carbons (Fsp3) is 0.333. The predicted octanol–water partition coefficient (Wildman–Crippen LogP) is 0.212. The van der Waals surface area contributed by atoms with Gasteiger partial charge in [-0.2, -0.15) is 5.10 Å². The van der Waals surface area contributed by atoms with Crippen LogP contribution in [-0.4, -0.2) is 32.0 Å². The van der Waals surface area contributed by atoms with E-state index in [0.717, 1.165) is 10.8 Å². The van der Waals surface area contributed by atoms with Crippen LogP contribution in [0.15, 0.2) is 12.4 Å². The molecule has 0 atom stereocenters. The molecule has 1 aromatic heterocycles. The molecule has 50 valence electrons. The van der Waals surface area contributed by atoms with E-state index < -0.39 is 0 Å². The maximum Gasteiger partial charge on any atom is 0.243 e. The normalized spacial score (nSPS) is 9.70. The Morgan fingerprint density at radius 1 is 1.90 bits per heavy atom. The third-order valence-electron chi connectivity index (χ3n) is 1.19. The lowest BCUT2D eigenvalue weighted by Crippen LogP contribution is -2.04. The molecule has 0 aromatic carbocycles. The van der Waals surface area contributed by atoms with Gasteiger partial charge >= 0.3 is 0 Å². The van der Waals surface area contributed by atoms with Gasteiger partial charge in [-0.3, -0.25) is 4.79 Å². The summed E-state index contributed by atoms with van der Waals surface area (Å²) in [5, 5.41) is 4.68. The lowest BCUT2D eigenvalue weighted by atomic mass is 10.4. The molecule has 3 nitrogen and oxygen atoms in total. The second-order valence-corrected chi connectivity index (χ2v) is 2.42. The zero-order valence-corrected chi connectivity index (χ0v) is 6.90. The van der Waals surface area contributed by atoms with E-state index >= 15 is 0 Å². The topological polar surface area (TPSA) is 34.9 Å². The highest BCUT2D eigenvalue weighted by Crippen LogP contribution is 1.95. The standard InChI is InChI=1S/C6H7N2O.Al/c1-5-3-7-8(4-5)6(2)9;/h3-4H,1H2,2H3;. The highest BCUT2D eigenvalue weighted by Gasteiger charge is 1.97. The Labute approximate surface area is 67.5 Å². The fourth-order valence-corrected chi connectivity index (χ4v) is 0.849. The zero-order chi connectivity index (χ0) is 7.56. The highest BCUT2D eigenvalue weighted by atomic mass is 27.0. The monoisotopic (exact) mass is 150 g/mol. The summed E-state index contributed by atoms with van der Waals surface area (Å²) in [7, 11) is 0. The molecule has 0 fully saturated rings. The molecule has 0 aliphatic heterocycles. The van der Waals surface area contributed by atoms with Gasteiger partial charge in [0.2, 0.25) is 5.91 Å². The summed E-state index contributed by atoms with van der Waals surface area (Å²) < 4.78 is 1.33. The van der Waals surface area contributed by atoms with Gasteiger partial charge in [-0.15, -0.1) is 0 Å². The smallest absolute Gasteiger partial charge is 0.243 e. The minimum Gasteiger partial charge on any atom is -0.273 e. The van der Waals surface area contributed by atoms with Crippen molar-refractivity contribution >= 4 is 22.2 Å². The summed E-state index contributed by atoms with van der Waals surface area (Å²) in [6.45, 7) is 1.49. The van der Waals surface area contributed by atoms with Gasteiger partial charge in [-0.25, -0.2) is 4.68 Å². The van der Waals surface area contributed by atoms with E-state index in [1.807, 2.05) is 0 Å². The Bertz CT molecular complexity index is 244. The van der Waals surface area contributed by atoms with Gasteiger partial charge in [0.15, 0.2) is 0 Å². The quantitative estimate of drug-likeness (QED) is 0.536. The van der Waals surface area contributed by atoms with Gasteiger partial charge < -0.3 is 0 Å². The van der Waals surface area contributed by atoms with Gasteiger partial charge in [-0.05, 0) is 5.56 Å². The first-order valence-electron chi connectivity index (χ1n) is 2.98. The van der Waals surface area contributed by atoms with E-state index in [4.69, 9.17) is 0 Å². The molecule has 0 saturated heterocycles. The van der Waals surface area contributed by atoms with Gasteiger partial charge in [0.1, 0.15) is 16.3 Å². The Morgan fingerprint density at radius 2 is 2.60 bits per heavy atom. The fourth-order valence-electron chi connectivity index (χ4n) is 0.638. The van der Waals surface area contributed by atoms with Crippen molar-refractivity contribution < 1.29 is 4.79 Å². The van der Waals surface area contributed by atoms with E-state index in [2.05, 4.69) is 21.4 Å². The van der Waals surface area contributed by atoms with E-state index in [0.29, 0.717) is 0 Å². The van der Waals surface area contributed by atoms with E-state index in [1.54, 1.807) is 12.4 Å². The maximum absolute atomic E-state index is 10.7. The summed E-state index contributed by atoms with van der Waals surface area (Å²) in [4.78, 5) is 10.7. The van der Waals surface area contributed by atoms with Crippen molar-refractivity contribution in [2.24, 2.45) is 0 Å². The van der Waals surface area contributed by atoms with Crippen LogP contribution < -0.4 is 0 Å². The molecule has 1 aromatic rings. The van der Waals surface area contributed by atoms with Gasteiger partial charge in [0.25, 0.3) is 0 Å². The number of carbonyl (C=O) groups excluding carboxylic acids is 1. The van der Waals surface area contributed by atoms with Crippen LogP contribution >= 0.6 is 0 Å². The van der Waals surface area contributed by atoms with Crippen molar-refractivity contribution in [2.75, 3.05) is 0 Å². The molecule has 0 aliphatic rings. The summed E-state index contributed by atoms with van der Waals surface area (Å²) in [6.07, 6.45) is 3.42. The molecule has 4 heteroatoms. The van der Waals surface area contributed by atoms with Gasteiger partial charge in [0, 0.05) is 13.1 Å². The SMILES string of the molecule is CC(=O)n1cc([CH2][Al])cn1. The number of rotatable bonds is 1. The van der Waals surface area contributed by atoms with Crippen LogP contribution in [0.1, 0.15) is 17.3 Å². The van der Waals surface area contributed by atoms with Crippen LogP contribution in [-0.2, 0) is 5.28 Å². The van der Waals surface area contributed by atoms with Crippen molar-refractivity contribution in [3.63, 3.8) is 0 Å². The van der Waals surface area contributed by atoms with Crippen LogP contribution in [0, 0.1) is 0 Å². The first kappa shape index (κ1) is 7.52. The van der Waals surface area contributed by atoms with E-state index in [1.165, 1.54) is 11.6 Å². The van der Waals surface area contributed by atoms with Crippen molar-refractivity contribution in [3.8, 4) is 0 Å². The molecule has 0 saturated carbocycles. The van der Waals surface area contributed by atoms with Crippen molar-refractivity contribution in [3.05, 3.63) is 18.0 Å². The second-order valence-electron chi connectivity index (χ2n) is 2.02. The molecular weight excluding hydrogens is 143 g/mol. The van der Waals surface area contributed by atoms with E-state index in [9.17, 15) is 4.79 Å². The number of nitrogens with zero attached hydrogens (tertiary/aromatic N) is 2. The summed E-state index contributed by atoms with van der Waals surface area (Å²) in [6, 6.07) is 0. The minimum absolute atomic E-state index is 0.0512. The largest absolute Gasteiger partial charge is 0.273 e. The minimum atomic E-state index is -0.0512. The number of hydrogen-bond acceptors (Lipinski definition) is 2. The molecular formula is C6H7AlN2O. The molecule has 0 unspecified atom stereocenters. The Hall–Kier alpha value is -0.588. The second kappa shape index (κ2) is 3.00. The molecule has 1 rings (SSSR count). The summed E-state index contributed by atoms with van der Waals surface area (Å²) >= 11 is 2.57.